The Balaban J connectivity index is 4.10. The smallest absolute Gasteiger partial charge is 0.347 e. The highest BCUT2D eigenvalue weighted by Crippen LogP contribution is 2.00. The molecule has 0 aliphatic heterocycles. The van der Waals surface area contributed by atoms with E-state index in [2.05, 4.69) is 9.47 Å². The molecule has 1 N–H and O–H groups in total. The van der Waals surface area contributed by atoms with Gasteiger partial charge in [-0.25, -0.2) is 9.59 Å². The lowest BCUT2D eigenvalue weighted by Gasteiger charge is -2.14. The fraction of sp³-hybridized carbons (Fsp3) is 0.667. The van der Waals surface area contributed by atoms with Crippen LogP contribution in [0.5, 0.6) is 0 Å². The second kappa shape index (κ2) is 6.00. The molecule has 0 aliphatic carbocycles. The van der Waals surface area contributed by atoms with E-state index >= 15 is 0 Å². The van der Waals surface area contributed by atoms with E-state index in [0.29, 0.717) is 0 Å². The Morgan fingerprint density at radius 1 is 1.13 bits per heavy atom. The van der Waals surface area contributed by atoms with Crippen molar-refractivity contribution in [2.75, 3.05) is 0 Å². The standard InChI is InChI=1S/C9H14O6/c1-4-7(10)14-6(3)9(13)15-5(2)8(11)12/h5-6H,4H2,1-3H3,(H,11,12). The van der Waals surface area contributed by atoms with Crippen LogP contribution >= 0.6 is 0 Å². The Bertz CT molecular complexity index is 259. The third-order valence-corrected chi connectivity index (χ3v) is 1.57. The minimum Gasteiger partial charge on any atom is -0.479 e. The molecule has 0 rings (SSSR count). The first-order valence-corrected chi connectivity index (χ1v) is 4.51. The molecule has 6 heteroatoms. The number of carboxylic acid groups (broad SMARTS) is 1. The summed E-state index contributed by atoms with van der Waals surface area (Å²) in [6.07, 6.45) is -2.19. The van der Waals surface area contributed by atoms with Gasteiger partial charge in [-0.1, -0.05) is 6.92 Å². The van der Waals surface area contributed by atoms with Crippen molar-refractivity contribution in [1.29, 1.82) is 0 Å². The van der Waals surface area contributed by atoms with Crippen molar-refractivity contribution >= 4 is 17.9 Å². The van der Waals surface area contributed by atoms with Gasteiger partial charge in [-0.3, -0.25) is 4.79 Å². The Morgan fingerprint density at radius 3 is 2.07 bits per heavy atom. The maximum atomic E-state index is 11.1. The molecule has 0 bridgehead atoms. The Hall–Kier alpha value is -1.59. The van der Waals surface area contributed by atoms with Gasteiger partial charge >= 0.3 is 17.9 Å². The SMILES string of the molecule is CCC(=O)OC(C)C(=O)OC(C)C(=O)O. The van der Waals surface area contributed by atoms with Gasteiger partial charge in [-0.2, -0.15) is 0 Å². The molecule has 0 aliphatic rings. The molecule has 2 atom stereocenters. The molecule has 0 aromatic rings. The average molecular weight is 218 g/mol. The molecule has 0 aromatic heterocycles. The largest absolute Gasteiger partial charge is 0.479 e. The van der Waals surface area contributed by atoms with Gasteiger partial charge in [0.05, 0.1) is 0 Å². The molecule has 0 fully saturated rings. The summed E-state index contributed by atoms with van der Waals surface area (Å²) in [5, 5.41) is 8.46. The van der Waals surface area contributed by atoms with Crippen LogP contribution in [0.4, 0.5) is 0 Å². The molecule has 15 heavy (non-hydrogen) atoms. The molecule has 0 aromatic carbocycles. The predicted octanol–water partition coefficient (Wildman–Crippen LogP) is 0.344. The summed E-state index contributed by atoms with van der Waals surface area (Å²) in [6.45, 7) is 4.12. The third-order valence-electron chi connectivity index (χ3n) is 1.57. The van der Waals surface area contributed by atoms with Crippen LogP contribution < -0.4 is 0 Å². The van der Waals surface area contributed by atoms with Crippen molar-refractivity contribution in [2.24, 2.45) is 0 Å². The van der Waals surface area contributed by atoms with Crippen molar-refractivity contribution in [3.63, 3.8) is 0 Å². The van der Waals surface area contributed by atoms with Gasteiger partial charge < -0.3 is 14.6 Å². The summed E-state index contributed by atoms with van der Waals surface area (Å²) < 4.78 is 9.14. The number of hydrogen-bond acceptors (Lipinski definition) is 5. The molecule has 0 heterocycles. The van der Waals surface area contributed by atoms with E-state index in [1.807, 2.05) is 0 Å². The second-order valence-electron chi connectivity index (χ2n) is 2.90. The molecular formula is C9H14O6. The van der Waals surface area contributed by atoms with Crippen LogP contribution in [0.1, 0.15) is 27.2 Å². The van der Waals surface area contributed by atoms with Crippen LogP contribution in [0.25, 0.3) is 0 Å². The first kappa shape index (κ1) is 13.4. The summed E-state index contributed by atoms with van der Waals surface area (Å²) >= 11 is 0. The second-order valence-corrected chi connectivity index (χ2v) is 2.90. The molecule has 0 saturated heterocycles. The topological polar surface area (TPSA) is 89.9 Å². The minimum absolute atomic E-state index is 0.145. The Morgan fingerprint density at radius 2 is 1.67 bits per heavy atom. The lowest BCUT2D eigenvalue weighted by atomic mass is 10.3. The number of esters is 2. The van der Waals surface area contributed by atoms with E-state index in [-0.39, 0.29) is 6.42 Å². The van der Waals surface area contributed by atoms with Crippen molar-refractivity contribution in [3.05, 3.63) is 0 Å². The van der Waals surface area contributed by atoms with Crippen LogP contribution in [0.15, 0.2) is 0 Å². The van der Waals surface area contributed by atoms with Crippen molar-refractivity contribution in [2.45, 2.75) is 39.4 Å². The highest BCUT2D eigenvalue weighted by Gasteiger charge is 2.23. The van der Waals surface area contributed by atoms with Crippen LogP contribution in [0.3, 0.4) is 0 Å². The Kier molecular flexibility index (Phi) is 5.36. The fourth-order valence-corrected chi connectivity index (χ4v) is 0.649. The molecule has 6 nitrogen and oxygen atoms in total. The van der Waals surface area contributed by atoms with E-state index in [0.717, 1.165) is 0 Å². The van der Waals surface area contributed by atoms with Crippen molar-refractivity contribution in [3.8, 4) is 0 Å². The average Bonchev–Trinajstić information content (AvgIpc) is 2.16. The summed E-state index contributed by atoms with van der Waals surface area (Å²) in [5.41, 5.74) is 0. The van der Waals surface area contributed by atoms with Gasteiger partial charge in [0.1, 0.15) is 0 Å². The highest BCUT2D eigenvalue weighted by atomic mass is 16.6. The maximum absolute atomic E-state index is 11.1. The fourth-order valence-electron chi connectivity index (χ4n) is 0.649. The van der Waals surface area contributed by atoms with Crippen molar-refractivity contribution in [1.82, 2.24) is 0 Å². The lowest BCUT2D eigenvalue weighted by molar-refractivity contribution is -0.174. The quantitative estimate of drug-likeness (QED) is 0.669. The zero-order chi connectivity index (χ0) is 12.0. The van der Waals surface area contributed by atoms with Crippen LogP contribution in [-0.4, -0.2) is 35.2 Å². The number of carboxylic acids is 1. The van der Waals surface area contributed by atoms with Gasteiger partial charge in [0.2, 0.25) is 0 Å². The van der Waals surface area contributed by atoms with E-state index < -0.39 is 30.1 Å². The van der Waals surface area contributed by atoms with Crippen LogP contribution in [0, 0.1) is 0 Å². The molecule has 0 saturated carbocycles. The number of aliphatic carboxylic acids is 1. The van der Waals surface area contributed by atoms with Crippen LogP contribution in [-0.2, 0) is 23.9 Å². The lowest BCUT2D eigenvalue weighted by Crippen LogP contribution is -2.32. The first-order valence-electron chi connectivity index (χ1n) is 4.51. The number of carbonyl (C=O) groups excluding carboxylic acids is 2. The Labute approximate surface area is 87.2 Å². The number of ether oxygens (including phenoxy) is 2. The predicted molar refractivity (Wildman–Crippen MR) is 49.0 cm³/mol. The van der Waals surface area contributed by atoms with Crippen molar-refractivity contribution < 1.29 is 29.0 Å². The normalized spacial score (nSPS) is 13.8. The van der Waals surface area contributed by atoms with Gasteiger partial charge in [0.15, 0.2) is 12.2 Å². The molecule has 86 valence electrons. The maximum Gasteiger partial charge on any atom is 0.347 e. The van der Waals surface area contributed by atoms with Gasteiger partial charge in [0, 0.05) is 6.42 Å². The number of carbonyl (C=O) groups is 3. The van der Waals surface area contributed by atoms with Gasteiger partial charge in [-0.05, 0) is 13.8 Å². The molecule has 0 amide bonds. The van der Waals surface area contributed by atoms with E-state index in [9.17, 15) is 14.4 Å². The third kappa shape index (κ3) is 4.99. The number of rotatable bonds is 5. The molecule has 0 spiro atoms. The molecular weight excluding hydrogens is 204 g/mol. The first-order chi connectivity index (χ1) is 6.88. The van der Waals surface area contributed by atoms with E-state index in [1.165, 1.54) is 13.8 Å². The highest BCUT2D eigenvalue weighted by molar-refractivity contribution is 5.82. The van der Waals surface area contributed by atoms with E-state index in [1.54, 1.807) is 6.92 Å². The molecule has 0 radical (unpaired) electrons. The monoisotopic (exact) mass is 218 g/mol. The van der Waals surface area contributed by atoms with Crippen LogP contribution in [0.2, 0.25) is 0 Å². The summed E-state index contributed by atoms with van der Waals surface area (Å²) in [5.74, 6) is -2.66. The number of hydrogen-bond donors (Lipinski definition) is 1. The minimum atomic E-state index is -1.25. The van der Waals surface area contributed by atoms with E-state index in [4.69, 9.17) is 5.11 Å². The molecule has 2 unspecified atom stereocenters. The summed E-state index contributed by atoms with van der Waals surface area (Å²) in [4.78, 5) is 32.3. The van der Waals surface area contributed by atoms with Gasteiger partial charge in [0.25, 0.3) is 0 Å². The summed E-state index contributed by atoms with van der Waals surface area (Å²) in [7, 11) is 0. The zero-order valence-corrected chi connectivity index (χ0v) is 8.85. The van der Waals surface area contributed by atoms with Gasteiger partial charge in [-0.15, -0.1) is 0 Å². The summed E-state index contributed by atoms with van der Waals surface area (Å²) in [6, 6.07) is 0. The zero-order valence-electron chi connectivity index (χ0n) is 8.85.